The average molecular weight is 589 g/mol. The first-order valence-electron chi connectivity index (χ1n) is 12.0. The second-order valence-corrected chi connectivity index (χ2v) is 11.9. The zero-order valence-corrected chi connectivity index (χ0v) is 23.2. The smallest absolute Gasteiger partial charge is 0.303 e. The Morgan fingerprint density at radius 2 is 1.97 bits per heavy atom. The molecule has 0 unspecified atom stereocenters. The van der Waals surface area contributed by atoms with E-state index in [0.717, 1.165) is 32.8 Å². The summed E-state index contributed by atoms with van der Waals surface area (Å²) in [6.45, 7) is 0.613. The van der Waals surface area contributed by atoms with Gasteiger partial charge in [-0.1, -0.05) is 41.4 Å². The standard InChI is InChI=1S/C27H23Cl2N3O4S2/c28-19-12-21(31-26(36)18-14-37-23-6-2-1-4-17(18)23)20(29)10-15(19)11-24(33)32-9-3-5-22(32)27-30-13-16(38-27)7-8-25(34)35/h1-2,4,6,10,12-14,22H,3,5,7-9,11H2,(H,31,36)(H,34,35)/t22-/m0/s1. The van der Waals surface area contributed by atoms with Gasteiger partial charge in [0, 0.05) is 38.1 Å². The average Bonchev–Trinajstić information content (AvgIpc) is 3.64. The van der Waals surface area contributed by atoms with Gasteiger partial charge in [0.2, 0.25) is 5.91 Å². The molecule has 38 heavy (non-hydrogen) atoms. The maximum absolute atomic E-state index is 13.3. The number of amides is 2. The van der Waals surface area contributed by atoms with Crippen LogP contribution in [0.3, 0.4) is 0 Å². The van der Waals surface area contributed by atoms with Gasteiger partial charge in [-0.2, -0.15) is 0 Å². The van der Waals surface area contributed by atoms with E-state index in [2.05, 4.69) is 10.3 Å². The molecule has 11 heteroatoms. The molecule has 2 N–H and O–H groups in total. The monoisotopic (exact) mass is 587 g/mol. The Hall–Kier alpha value is -2.98. The fourth-order valence-corrected chi connectivity index (χ4v) is 7.04. The zero-order valence-electron chi connectivity index (χ0n) is 20.1. The number of likely N-dealkylation sites (tertiary alicyclic amines) is 1. The van der Waals surface area contributed by atoms with Crippen LogP contribution in [0.15, 0.2) is 48.0 Å². The van der Waals surface area contributed by atoms with Crippen LogP contribution in [-0.4, -0.2) is 39.3 Å². The van der Waals surface area contributed by atoms with E-state index >= 15 is 0 Å². The summed E-state index contributed by atoms with van der Waals surface area (Å²) in [4.78, 5) is 44.3. The molecule has 1 aliphatic rings. The predicted octanol–water partition coefficient (Wildman–Crippen LogP) is 6.84. The van der Waals surface area contributed by atoms with Gasteiger partial charge in [0.05, 0.1) is 35.2 Å². The highest BCUT2D eigenvalue weighted by molar-refractivity contribution is 7.17. The second-order valence-electron chi connectivity index (χ2n) is 9.00. The second kappa shape index (κ2) is 11.4. The number of benzene rings is 2. The molecule has 0 spiro atoms. The van der Waals surface area contributed by atoms with Gasteiger partial charge in [0.25, 0.3) is 5.91 Å². The molecule has 4 aromatic rings. The minimum atomic E-state index is -0.848. The van der Waals surface area contributed by atoms with E-state index in [0.29, 0.717) is 39.8 Å². The van der Waals surface area contributed by atoms with Crippen LogP contribution >= 0.6 is 45.9 Å². The number of thiazole rings is 1. The Balaban J connectivity index is 1.27. The number of carboxylic acids is 1. The molecular weight excluding hydrogens is 565 g/mol. The van der Waals surface area contributed by atoms with Gasteiger partial charge < -0.3 is 15.3 Å². The normalized spacial score (nSPS) is 15.2. The number of nitrogens with one attached hydrogen (secondary N) is 1. The molecule has 196 valence electrons. The van der Waals surface area contributed by atoms with Crippen molar-refractivity contribution < 1.29 is 19.5 Å². The SMILES string of the molecule is O=C(O)CCc1cnc([C@@H]2CCCN2C(=O)Cc2cc(Cl)c(NC(=O)c3csc4ccccc34)cc2Cl)s1. The summed E-state index contributed by atoms with van der Waals surface area (Å²) < 4.78 is 1.02. The number of carbonyl (C=O) groups is 3. The third kappa shape index (κ3) is 5.71. The topological polar surface area (TPSA) is 99.6 Å². The van der Waals surface area contributed by atoms with E-state index in [1.807, 2.05) is 29.6 Å². The fraction of sp³-hybridized carbons (Fsp3) is 0.259. The summed E-state index contributed by atoms with van der Waals surface area (Å²) in [5, 5.41) is 15.9. The number of halogens is 2. The number of aromatic nitrogens is 1. The molecule has 7 nitrogen and oxygen atoms in total. The Labute approximate surface area is 237 Å². The van der Waals surface area contributed by atoms with E-state index in [1.54, 1.807) is 23.2 Å². The maximum atomic E-state index is 13.3. The van der Waals surface area contributed by atoms with Crippen molar-refractivity contribution in [3.8, 4) is 0 Å². The first-order valence-corrected chi connectivity index (χ1v) is 14.5. The lowest BCUT2D eigenvalue weighted by Gasteiger charge is -2.23. The Morgan fingerprint density at radius 1 is 1.16 bits per heavy atom. The number of aryl methyl sites for hydroxylation is 1. The molecule has 0 bridgehead atoms. The highest BCUT2D eigenvalue weighted by atomic mass is 35.5. The summed E-state index contributed by atoms with van der Waals surface area (Å²) in [6, 6.07) is 10.7. The van der Waals surface area contributed by atoms with Crippen LogP contribution in [-0.2, 0) is 22.4 Å². The largest absolute Gasteiger partial charge is 0.481 e. The van der Waals surface area contributed by atoms with Gasteiger partial charge in [-0.25, -0.2) is 4.98 Å². The molecule has 0 radical (unpaired) electrons. The number of aliphatic carboxylic acids is 1. The fourth-order valence-electron chi connectivity index (χ4n) is 4.57. The van der Waals surface area contributed by atoms with Gasteiger partial charge >= 0.3 is 5.97 Å². The van der Waals surface area contributed by atoms with Crippen LogP contribution in [0.25, 0.3) is 10.1 Å². The molecule has 0 saturated carbocycles. The highest BCUT2D eigenvalue weighted by Gasteiger charge is 2.32. The van der Waals surface area contributed by atoms with Crippen LogP contribution in [0, 0.1) is 0 Å². The minimum Gasteiger partial charge on any atom is -0.481 e. The molecule has 1 aliphatic heterocycles. The van der Waals surface area contributed by atoms with Crippen LogP contribution in [0.4, 0.5) is 5.69 Å². The molecule has 0 aliphatic carbocycles. The number of carbonyl (C=O) groups excluding carboxylic acids is 2. The highest BCUT2D eigenvalue weighted by Crippen LogP contribution is 2.36. The third-order valence-corrected chi connectivity index (χ3v) is 9.25. The van der Waals surface area contributed by atoms with Crippen molar-refractivity contribution in [3.63, 3.8) is 0 Å². The van der Waals surface area contributed by atoms with Crippen LogP contribution in [0.5, 0.6) is 0 Å². The molecule has 5 rings (SSSR count). The van der Waals surface area contributed by atoms with E-state index in [9.17, 15) is 14.4 Å². The first kappa shape index (κ1) is 26.6. The number of anilines is 1. The zero-order chi connectivity index (χ0) is 26.8. The Morgan fingerprint density at radius 3 is 2.79 bits per heavy atom. The van der Waals surface area contributed by atoms with Crippen molar-refractivity contribution in [1.29, 1.82) is 0 Å². The van der Waals surface area contributed by atoms with Crippen molar-refractivity contribution >= 4 is 79.4 Å². The summed E-state index contributed by atoms with van der Waals surface area (Å²) in [5.74, 6) is -1.22. The lowest BCUT2D eigenvalue weighted by molar-refractivity contribution is -0.137. The van der Waals surface area contributed by atoms with E-state index in [4.69, 9.17) is 28.3 Å². The molecular formula is C27H23Cl2N3O4S2. The third-order valence-electron chi connectivity index (χ3n) is 6.47. The number of hydrogen-bond acceptors (Lipinski definition) is 6. The number of fused-ring (bicyclic) bond motifs is 1. The number of rotatable bonds is 8. The van der Waals surface area contributed by atoms with Crippen LogP contribution in [0.2, 0.25) is 10.0 Å². The van der Waals surface area contributed by atoms with Gasteiger partial charge in [-0.15, -0.1) is 22.7 Å². The summed E-state index contributed by atoms with van der Waals surface area (Å²) >= 11 is 16.0. The Kier molecular flexibility index (Phi) is 7.99. The molecule has 2 amide bonds. The van der Waals surface area contributed by atoms with Crippen LogP contribution < -0.4 is 5.32 Å². The minimum absolute atomic E-state index is 0.0501. The summed E-state index contributed by atoms with van der Waals surface area (Å²) in [7, 11) is 0. The Bertz CT molecular complexity index is 1530. The van der Waals surface area contributed by atoms with E-state index < -0.39 is 5.97 Å². The molecule has 1 saturated heterocycles. The molecule has 2 aromatic heterocycles. The first-order chi connectivity index (χ1) is 18.3. The number of carboxylic acid groups (broad SMARTS) is 1. The lowest BCUT2D eigenvalue weighted by Crippen LogP contribution is -2.31. The summed E-state index contributed by atoms with van der Waals surface area (Å²) in [6.07, 6.45) is 3.90. The number of thiophene rings is 1. The maximum Gasteiger partial charge on any atom is 0.303 e. The predicted molar refractivity (Wildman–Crippen MR) is 152 cm³/mol. The molecule has 1 fully saturated rings. The van der Waals surface area contributed by atoms with Gasteiger partial charge in [0.15, 0.2) is 0 Å². The summed E-state index contributed by atoms with van der Waals surface area (Å²) in [5.41, 5.74) is 1.52. The van der Waals surface area contributed by atoms with Gasteiger partial charge in [-0.3, -0.25) is 14.4 Å². The van der Waals surface area contributed by atoms with Crippen molar-refractivity contribution in [3.05, 3.63) is 79.0 Å². The van der Waals surface area contributed by atoms with E-state index in [1.165, 1.54) is 22.7 Å². The van der Waals surface area contributed by atoms with E-state index in [-0.39, 0.29) is 30.7 Å². The number of nitrogens with zero attached hydrogens (tertiary/aromatic N) is 2. The van der Waals surface area contributed by atoms with Crippen molar-refractivity contribution in [2.24, 2.45) is 0 Å². The molecule has 2 aromatic carbocycles. The lowest BCUT2D eigenvalue weighted by atomic mass is 10.1. The molecule has 1 atom stereocenters. The number of hydrogen-bond donors (Lipinski definition) is 2. The van der Waals surface area contributed by atoms with Gasteiger partial charge in [-0.05, 0) is 43.0 Å². The molecule has 3 heterocycles. The van der Waals surface area contributed by atoms with Crippen molar-refractivity contribution in [1.82, 2.24) is 9.88 Å². The van der Waals surface area contributed by atoms with Crippen molar-refractivity contribution in [2.75, 3.05) is 11.9 Å². The quantitative estimate of drug-likeness (QED) is 0.235. The van der Waals surface area contributed by atoms with Crippen molar-refractivity contribution in [2.45, 2.75) is 38.1 Å². The van der Waals surface area contributed by atoms with Gasteiger partial charge in [0.1, 0.15) is 5.01 Å². The van der Waals surface area contributed by atoms with Crippen LogP contribution in [0.1, 0.15) is 51.1 Å².